The first-order valence-electron chi connectivity index (χ1n) is 11.5. The van der Waals surface area contributed by atoms with E-state index in [1.807, 2.05) is 0 Å². The van der Waals surface area contributed by atoms with Crippen molar-refractivity contribution < 1.29 is 58.4 Å². The number of rotatable bonds is 18. The van der Waals surface area contributed by atoms with Gasteiger partial charge in [-0.3, -0.25) is 43.2 Å². The van der Waals surface area contributed by atoms with E-state index >= 15 is 0 Å². The largest absolute Gasteiger partial charge is 0.480 e. The van der Waals surface area contributed by atoms with Crippen LogP contribution < -0.4 is 5.32 Å². The maximum Gasteiger partial charge on any atom is 0.317 e. The molecule has 1 aliphatic rings. The van der Waals surface area contributed by atoms with Gasteiger partial charge >= 0.3 is 32.1 Å². The van der Waals surface area contributed by atoms with E-state index < -0.39 is 63.9 Å². The van der Waals surface area contributed by atoms with Gasteiger partial charge in [0, 0.05) is 44.7 Å². The predicted molar refractivity (Wildman–Crippen MR) is 126 cm³/mol. The lowest BCUT2D eigenvalue weighted by molar-refractivity contribution is -0.148. The zero-order valence-corrected chi connectivity index (χ0v) is 21.3. The van der Waals surface area contributed by atoms with Crippen LogP contribution in [0, 0.1) is 0 Å². The van der Waals surface area contributed by atoms with Gasteiger partial charge < -0.3 is 35.2 Å². The van der Waals surface area contributed by atoms with Crippen molar-refractivity contribution in [2.24, 2.45) is 0 Å². The molecule has 212 valence electrons. The van der Waals surface area contributed by atoms with Crippen LogP contribution in [-0.4, -0.2) is 141 Å². The highest BCUT2D eigenvalue weighted by molar-refractivity contribution is 7.32. The van der Waals surface area contributed by atoms with E-state index in [2.05, 4.69) is 9.84 Å². The van der Waals surface area contributed by atoms with Crippen molar-refractivity contribution >= 4 is 38.0 Å². The molecule has 6 N–H and O–H groups in total. The molecule has 0 aromatic rings. The van der Waals surface area contributed by atoms with Crippen LogP contribution in [0.4, 0.5) is 0 Å². The third-order valence-corrected chi connectivity index (χ3v) is 6.21. The molecule has 0 aliphatic carbocycles. The lowest BCUT2D eigenvalue weighted by atomic mass is 9.88. The monoisotopic (exact) mass is 554 g/mol. The molecular formula is C20H35N4O12P. The molecule has 37 heavy (non-hydrogen) atoms. The second-order valence-corrected chi connectivity index (χ2v) is 9.57. The van der Waals surface area contributed by atoms with Gasteiger partial charge in [0.1, 0.15) is 0 Å². The van der Waals surface area contributed by atoms with E-state index in [1.165, 1.54) is 14.7 Å². The van der Waals surface area contributed by atoms with Gasteiger partial charge in [-0.2, -0.15) is 0 Å². The molecule has 1 heterocycles. The second kappa shape index (κ2) is 16.3. The number of carbonyl (C=O) groups is 5. The van der Waals surface area contributed by atoms with E-state index in [0.717, 1.165) is 0 Å². The average Bonchev–Trinajstić information content (AvgIpc) is 2.92. The lowest BCUT2D eigenvalue weighted by Crippen LogP contribution is -2.62. The molecule has 0 radical (unpaired) electrons. The highest BCUT2D eigenvalue weighted by Crippen LogP contribution is 2.28. The number of nitrogens with zero attached hydrogens (tertiary/aromatic N) is 3. The number of carbonyl (C=O) groups excluding carboxylic acids is 1. The maximum atomic E-state index is 12.0. The van der Waals surface area contributed by atoms with Crippen LogP contribution in [0.1, 0.15) is 25.7 Å². The van der Waals surface area contributed by atoms with Crippen LogP contribution in [0.2, 0.25) is 0 Å². The summed E-state index contributed by atoms with van der Waals surface area (Å²) >= 11 is 0. The molecule has 0 spiro atoms. The van der Waals surface area contributed by atoms with Gasteiger partial charge in [0.2, 0.25) is 5.91 Å². The Kier molecular flexibility index (Phi) is 14.3. The third kappa shape index (κ3) is 13.5. The van der Waals surface area contributed by atoms with Crippen molar-refractivity contribution in [2.45, 2.75) is 31.2 Å². The topological polar surface area (TPSA) is 235 Å². The number of unbranched alkanes of at least 4 members (excludes halogenated alkanes) is 1. The summed E-state index contributed by atoms with van der Waals surface area (Å²) in [6.45, 7) is -1.91. The quantitative estimate of drug-likeness (QED) is 0.0798. The molecule has 16 nitrogen and oxygen atoms in total. The summed E-state index contributed by atoms with van der Waals surface area (Å²) in [7, 11) is -3.09. The van der Waals surface area contributed by atoms with E-state index in [4.69, 9.17) is 4.89 Å². The zero-order valence-electron chi connectivity index (χ0n) is 20.3. The molecule has 0 bridgehead atoms. The highest BCUT2D eigenvalue weighted by Gasteiger charge is 2.43. The van der Waals surface area contributed by atoms with E-state index in [9.17, 15) is 49.0 Å². The number of aliphatic carboxylic acids is 4. The normalized spacial score (nSPS) is 17.1. The molecule has 0 aromatic carbocycles. The zero-order chi connectivity index (χ0) is 28.0. The predicted octanol–water partition coefficient (Wildman–Crippen LogP) is -1.94. The van der Waals surface area contributed by atoms with E-state index in [-0.39, 0.29) is 58.1 Å². The number of amides is 1. The summed E-state index contributed by atoms with van der Waals surface area (Å²) in [4.78, 5) is 71.0. The van der Waals surface area contributed by atoms with Gasteiger partial charge in [0.15, 0.2) is 0 Å². The first-order chi connectivity index (χ1) is 17.3. The molecule has 1 fully saturated rings. The molecular weight excluding hydrogens is 519 g/mol. The molecule has 1 unspecified atom stereocenters. The van der Waals surface area contributed by atoms with Crippen molar-refractivity contribution in [3.05, 3.63) is 0 Å². The minimum Gasteiger partial charge on any atom is -0.480 e. The summed E-state index contributed by atoms with van der Waals surface area (Å²) < 4.78 is 15.0. The standard InChI is InChI=1S/C20H35N4O12P/c25-15(21-5-8-36-37(34)35)3-1-2-4-20(24(11-18(30)31)12-19(32)33)13-22(9-16(26)27)6-7-23(14-20)10-17(28)29/h37H,1-14H2,(H,21,25)(H,26,27)(H,28,29)(H,30,31)(H,32,33)(H,34,35). The molecule has 1 aliphatic heterocycles. The fourth-order valence-corrected chi connectivity index (χ4v) is 4.64. The second-order valence-electron chi connectivity index (χ2n) is 8.75. The Bertz CT molecular complexity index is 800. The lowest BCUT2D eigenvalue weighted by Gasteiger charge is -2.45. The van der Waals surface area contributed by atoms with Crippen LogP contribution in [0.15, 0.2) is 0 Å². The summed E-state index contributed by atoms with van der Waals surface area (Å²) in [5.41, 5.74) is -1.23. The molecule has 0 saturated carbocycles. The Labute approximate surface area is 213 Å². The SMILES string of the molecule is O=C(O)CN1CCN(CC(=O)O)CC(CCCCC(=O)NCCO[PH](=O)O)(N(CC(=O)O)CC(=O)O)C1. The van der Waals surface area contributed by atoms with Crippen LogP contribution in [0.3, 0.4) is 0 Å². The first-order valence-corrected chi connectivity index (χ1v) is 12.8. The number of carboxylic acid groups (broad SMARTS) is 4. The van der Waals surface area contributed by atoms with Crippen LogP contribution in [0.25, 0.3) is 0 Å². The van der Waals surface area contributed by atoms with Gasteiger partial charge in [-0.05, 0) is 12.8 Å². The maximum absolute atomic E-state index is 12.0. The van der Waals surface area contributed by atoms with Crippen molar-refractivity contribution in [1.82, 2.24) is 20.0 Å². The number of carboxylic acids is 4. The summed E-state index contributed by atoms with van der Waals surface area (Å²) in [5.74, 6) is -5.24. The van der Waals surface area contributed by atoms with Crippen molar-refractivity contribution in [2.75, 3.05) is 65.5 Å². The molecule has 1 rings (SSSR count). The number of nitrogens with one attached hydrogen (secondary N) is 1. The van der Waals surface area contributed by atoms with Gasteiger partial charge in [0.25, 0.3) is 0 Å². The van der Waals surface area contributed by atoms with Crippen molar-refractivity contribution in [3.8, 4) is 0 Å². The molecule has 0 aromatic heterocycles. The Hall–Kier alpha value is -2.62. The highest BCUT2D eigenvalue weighted by atomic mass is 31.1. The van der Waals surface area contributed by atoms with Crippen LogP contribution in [-0.2, 0) is 33.1 Å². The van der Waals surface area contributed by atoms with Gasteiger partial charge in [-0.25, -0.2) is 0 Å². The Balaban J connectivity index is 3.10. The minimum absolute atomic E-state index is 0.0140. The minimum atomic E-state index is -3.09. The van der Waals surface area contributed by atoms with Gasteiger partial charge in [-0.1, -0.05) is 6.42 Å². The van der Waals surface area contributed by atoms with Crippen molar-refractivity contribution in [3.63, 3.8) is 0 Å². The average molecular weight is 554 g/mol. The van der Waals surface area contributed by atoms with Crippen LogP contribution >= 0.6 is 8.25 Å². The molecule has 1 saturated heterocycles. The molecule has 17 heteroatoms. The van der Waals surface area contributed by atoms with Gasteiger partial charge in [0.05, 0.1) is 32.8 Å². The summed E-state index contributed by atoms with van der Waals surface area (Å²) in [6, 6.07) is 0. The van der Waals surface area contributed by atoms with Crippen molar-refractivity contribution in [1.29, 1.82) is 0 Å². The third-order valence-electron chi connectivity index (χ3n) is 5.75. The van der Waals surface area contributed by atoms with E-state index in [1.54, 1.807) is 0 Å². The van der Waals surface area contributed by atoms with Crippen LogP contribution in [0.5, 0.6) is 0 Å². The van der Waals surface area contributed by atoms with Gasteiger partial charge in [-0.15, -0.1) is 0 Å². The summed E-state index contributed by atoms with van der Waals surface area (Å²) in [6.07, 6.45) is 0.866. The fourth-order valence-electron chi connectivity index (χ4n) is 4.37. The first kappa shape index (κ1) is 32.4. The molecule has 1 atom stereocenters. The Morgan fingerprint density at radius 2 is 1.38 bits per heavy atom. The summed E-state index contributed by atoms with van der Waals surface area (Å²) in [5, 5.41) is 40.1. The number of hydrogen-bond acceptors (Lipinski definition) is 10. The Morgan fingerprint density at radius 3 is 1.81 bits per heavy atom. The smallest absolute Gasteiger partial charge is 0.317 e. The fraction of sp³-hybridized carbons (Fsp3) is 0.750. The number of hydrogen-bond donors (Lipinski definition) is 6. The van der Waals surface area contributed by atoms with E-state index in [0.29, 0.717) is 12.8 Å². The Morgan fingerprint density at radius 1 is 0.865 bits per heavy atom. The molecule has 1 amide bonds.